The summed E-state index contributed by atoms with van der Waals surface area (Å²) in [5, 5.41) is 0. The maximum Gasteiger partial charge on any atom is 0.0167 e. The fourth-order valence-corrected chi connectivity index (χ4v) is 3.80. The van der Waals surface area contributed by atoms with E-state index in [4.69, 9.17) is 0 Å². The van der Waals surface area contributed by atoms with Crippen LogP contribution < -0.4 is 0 Å². The molecule has 3 aliphatic rings. The summed E-state index contributed by atoms with van der Waals surface area (Å²) in [4.78, 5) is 2.69. The molecule has 1 saturated heterocycles. The maximum absolute atomic E-state index is 2.69. The first-order chi connectivity index (χ1) is 5.40. The first-order valence-electron chi connectivity index (χ1n) is 5.14. The van der Waals surface area contributed by atoms with Crippen LogP contribution in [0.4, 0.5) is 0 Å². The van der Waals surface area contributed by atoms with Crippen LogP contribution in [0.2, 0.25) is 0 Å². The monoisotopic (exact) mass is 151 g/mol. The third-order valence-electron chi connectivity index (χ3n) is 4.31. The molecule has 1 heterocycles. The number of hydrogen-bond acceptors (Lipinski definition) is 1. The van der Waals surface area contributed by atoms with Crippen molar-refractivity contribution in [2.75, 3.05) is 13.1 Å². The summed E-state index contributed by atoms with van der Waals surface area (Å²) in [7, 11) is 0. The van der Waals surface area contributed by atoms with Crippen LogP contribution in [-0.4, -0.2) is 24.0 Å². The molecular formula is C10H17N. The summed E-state index contributed by atoms with van der Waals surface area (Å²) in [5.41, 5.74) is 0. The predicted octanol–water partition coefficient (Wildman–Crippen LogP) is 1.74. The summed E-state index contributed by atoms with van der Waals surface area (Å²) in [5.74, 6) is 3.39. The molecule has 62 valence electrons. The zero-order valence-corrected chi connectivity index (χ0v) is 7.29. The average molecular weight is 151 g/mol. The second-order valence-electron chi connectivity index (χ2n) is 4.58. The molecule has 0 radical (unpaired) electrons. The number of fused-ring (bicyclic) bond motifs is 5. The molecular weight excluding hydrogens is 134 g/mol. The van der Waals surface area contributed by atoms with E-state index in [2.05, 4.69) is 11.8 Å². The Morgan fingerprint density at radius 1 is 1.27 bits per heavy atom. The second kappa shape index (κ2) is 2.01. The quantitative estimate of drug-likeness (QED) is 0.551. The van der Waals surface area contributed by atoms with E-state index < -0.39 is 0 Å². The van der Waals surface area contributed by atoms with E-state index in [1.165, 1.54) is 13.1 Å². The topological polar surface area (TPSA) is 3.24 Å². The molecule has 4 atom stereocenters. The third-order valence-corrected chi connectivity index (χ3v) is 4.31. The Morgan fingerprint density at radius 2 is 2.09 bits per heavy atom. The Kier molecular flexibility index (Phi) is 1.18. The first-order valence-corrected chi connectivity index (χ1v) is 5.14. The third kappa shape index (κ3) is 0.658. The van der Waals surface area contributed by atoms with Crippen molar-refractivity contribution in [3.63, 3.8) is 0 Å². The molecule has 1 heteroatoms. The van der Waals surface area contributed by atoms with Crippen molar-refractivity contribution < 1.29 is 0 Å². The number of hydrogen-bond donors (Lipinski definition) is 0. The van der Waals surface area contributed by atoms with Crippen LogP contribution in [0.15, 0.2) is 0 Å². The van der Waals surface area contributed by atoms with Crippen LogP contribution >= 0.6 is 0 Å². The summed E-state index contributed by atoms with van der Waals surface area (Å²) < 4.78 is 0. The molecule has 2 aliphatic carbocycles. The number of likely N-dealkylation sites (tertiary alicyclic amines) is 1. The molecule has 0 amide bonds. The predicted molar refractivity (Wildman–Crippen MR) is 45.4 cm³/mol. The van der Waals surface area contributed by atoms with E-state index >= 15 is 0 Å². The van der Waals surface area contributed by atoms with Crippen LogP contribution in [-0.2, 0) is 0 Å². The highest BCUT2D eigenvalue weighted by Crippen LogP contribution is 2.55. The molecule has 3 rings (SSSR count). The van der Waals surface area contributed by atoms with Gasteiger partial charge in [0.1, 0.15) is 0 Å². The van der Waals surface area contributed by atoms with Crippen molar-refractivity contribution in [1.29, 1.82) is 0 Å². The minimum absolute atomic E-state index is 1.04. The SMILES string of the molecule is CCN1CC2C3CCC(C3)C21. The fourth-order valence-electron chi connectivity index (χ4n) is 3.80. The lowest BCUT2D eigenvalue weighted by Gasteiger charge is -2.50. The van der Waals surface area contributed by atoms with Gasteiger partial charge in [-0.3, -0.25) is 4.90 Å². The van der Waals surface area contributed by atoms with Crippen LogP contribution in [0.25, 0.3) is 0 Å². The molecule has 4 unspecified atom stereocenters. The molecule has 0 N–H and O–H groups in total. The first kappa shape index (κ1) is 6.47. The normalized spacial score (nSPS) is 54.3. The van der Waals surface area contributed by atoms with E-state index in [0.29, 0.717) is 0 Å². The van der Waals surface area contributed by atoms with E-state index in [9.17, 15) is 0 Å². The van der Waals surface area contributed by atoms with Gasteiger partial charge in [0.05, 0.1) is 0 Å². The number of rotatable bonds is 1. The summed E-state index contributed by atoms with van der Waals surface area (Å²) in [6, 6.07) is 1.04. The van der Waals surface area contributed by atoms with Gasteiger partial charge in [-0.15, -0.1) is 0 Å². The van der Waals surface area contributed by atoms with Gasteiger partial charge in [-0.1, -0.05) is 6.92 Å². The van der Waals surface area contributed by atoms with Crippen LogP contribution in [0.3, 0.4) is 0 Å². The highest BCUT2D eigenvalue weighted by molar-refractivity contribution is 5.08. The van der Waals surface area contributed by atoms with Crippen molar-refractivity contribution >= 4 is 0 Å². The number of nitrogens with zero attached hydrogens (tertiary/aromatic N) is 1. The largest absolute Gasteiger partial charge is 0.300 e. The van der Waals surface area contributed by atoms with Gasteiger partial charge in [0.25, 0.3) is 0 Å². The lowest BCUT2D eigenvalue weighted by Crippen LogP contribution is -2.58. The summed E-state index contributed by atoms with van der Waals surface area (Å²) in [6.07, 6.45) is 4.68. The van der Waals surface area contributed by atoms with Crippen LogP contribution in [0.5, 0.6) is 0 Å². The highest BCUT2D eigenvalue weighted by Gasteiger charge is 2.55. The van der Waals surface area contributed by atoms with Gasteiger partial charge in [-0.2, -0.15) is 0 Å². The molecule has 0 aromatic heterocycles. The van der Waals surface area contributed by atoms with Crippen molar-refractivity contribution in [3.8, 4) is 0 Å². The van der Waals surface area contributed by atoms with Crippen molar-refractivity contribution in [2.45, 2.75) is 32.2 Å². The second-order valence-corrected chi connectivity index (χ2v) is 4.58. The van der Waals surface area contributed by atoms with Gasteiger partial charge >= 0.3 is 0 Å². The molecule has 11 heavy (non-hydrogen) atoms. The average Bonchev–Trinajstić information content (AvgIpc) is 2.43. The van der Waals surface area contributed by atoms with Gasteiger partial charge in [-0.25, -0.2) is 0 Å². The lowest BCUT2D eigenvalue weighted by atomic mass is 9.77. The van der Waals surface area contributed by atoms with Gasteiger partial charge in [0, 0.05) is 12.6 Å². The Morgan fingerprint density at radius 3 is 2.82 bits per heavy atom. The zero-order chi connectivity index (χ0) is 7.42. The fraction of sp³-hybridized carbons (Fsp3) is 1.00. The molecule has 1 nitrogen and oxygen atoms in total. The molecule has 2 saturated carbocycles. The van der Waals surface area contributed by atoms with Crippen LogP contribution in [0.1, 0.15) is 26.2 Å². The van der Waals surface area contributed by atoms with E-state index in [-0.39, 0.29) is 0 Å². The molecule has 2 bridgehead atoms. The van der Waals surface area contributed by atoms with E-state index in [1.807, 2.05) is 0 Å². The van der Waals surface area contributed by atoms with E-state index in [1.54, 1.807) is 19.3 Å². The Balaban J connectivity index is 1.80. The maximum atomic E-state index is 2.69. The van der Waals surface area contributed by atoms with Crippen molar-refractivity contribution in [3.05, 3.63) is 0 Å². The standard InChI is InChI=1S/C10H17N/c1-2-11-6-9-7-3-4-8(5-7)10(9)11/h7-10H,2-6H2,1H3. The van der Waals surface area contributed by atoms with Gasteiger partial charge in [0.2, 0.25) is 0 Å². The Hall–Kier alpha value is -0.0400. The molecule has 0 spiro atoms. The van der Waals surface area contributed by atoms with Gasteiger partial charge in [0.15, 0.2) is 0 Å². The Bertz CT molecular complexity index is 176. The summed E-state index contributed by atoms with van der Waals surface area (Å²) in [6.45, 7) is 5.04. The molecule has 0 aromatic carbocycles. The minimum Gasteiger partial charge on any atom is -0.300 e. The highest BCUT2D eigenvalue weighted by atomic mass is 15.2. The summed E-state index contributed by atoms with van der Waals surface area (Å²) >= 11 is 0. The zero-order valence-electron chi connectivity index (χ0n) is 7.29. The molecule has 1 aliphatic heterocycles. The van der Waals surface area contributed by atoms with E-state index in [0.717, 1.165) is 23.8 Å². The van der Waals surface area contributed by atoms with Crippen molar-refractivity contribution in [1.82, 2.24) is 4.90 Å². The van der Waals surface area contributed by atoms with Crippen molar-refractivity contribution in [2.24, 2.45) is 17.8 Å². The van der Waals surface area contributed by atoms with Crippen LogP contribution in [0, 0.1) is 17.8 Å². The molecule has 0 aromatic rings. The minimum atomic E-state index is 1.04. The molecule has 3 fully saturated rings. The van der Waals surface area contributed by atoms with Gasteiger partial charge < -0.3 is 0 Å². The lowest BCUT2D eigenvalue weighted by molar-refractivity contribution is -0.0172. The van der Waals surface area contributed by atoms with Gasteiger partial charge in [-0.05, 0) is 43.6 Å². The Labute approximate surface area is 68.8 Å². The smallest absolute Gasteiger partial charge is 0.0167 e.